The van der Waals surface area contributed by atoms with Gasteiger partial charge in [0.05, 0.1) is 6.10 Å². The molecule has 1 aromatic heterocycles. The molecule has 2 rings (SSSR count). The maximum absolute atomic E-state index is 9.51. The number of nitrogens with zero attached hydrogens (tertiary/aromatic N) is 1. The van der Waals surface area contributed by atoms with Crippen molar-refractivity contribution >= 4 is 11.3 Å². The van der Waals surface area contributed by atoms with Gasteiger partial charge in [0.1, 0.15) is 0 Å². The molecule has 1 heterocycles. The first-order chi connectivity index (χ1) is 7.68. The molecule has 1 saturated carbocycles. The largest absolute Gasteiger partial charge is 0.393 e. The highest BCUT2D eigenvalue weighted by molar-refractivity contribution is 7.10. The van der Waals surface area contributed by atoms with Gasteiger partial charge in [-0.15, -0.1) is 11.3 Å². The van der Waals surface area contributed by atoms with Gasteiger partial charge >= 0.3 is 0 Å². The van der Waals surface area contributed by atoms with Crippen LogP contribution in [0.4, 0.5) is 0 Å². The molecular formula is C13H21NOS. The highest BCUT2D eigenvalue weighted by atomic mass is 32.1. The van der Waals surface area contributed by atoms with Crippen LogP contribution in [0.1, 0.15) is 43.5 Å². The maximum Gasteiger partial charge on any atom is 0.0541 e. The summed E-state index contributed by atoms with van der Waals surface area (Å²) in [4.78, 5) is 3.91. The van der Waals surface area contributed by atoms with Gasteiger partial charge in [-0.25, -0.2) is 0 Å². The van der Waals surface area contributed by atoms with Gasteiger partial charge in [0.15, 0.2) is 0 Å². The van der Waals surface area contributed by atoms with Crippen LogP contribution in [0.3, 0.4) is 0 Å². The topological polar surface area (TPSA) is 23.5 Å². The average Bonchev–Trinajstić information content (AvgIpc) is 2.81. The molecule has 0 aliphatic heterocycles. The zero-order valence-electron chi connectivity index (χ0n) is 10.1. The molecule has 1 aliphatic rings. The SMILES string of the molecule is CC(c1cccs1)N(C)C1CCC(O)CC1. The summed E-state index contributed by atoms with van der Waals surface area (Å²) < 4.78 is 0. The van der Waals surface area contributed by atoms with Crippen LogP contribution in [0.5, 0.6) is 0 Å². The summed E-state index contributed by atoms with van der Waals surface area (Å²) in [5.74, 6) is 0. The standard InChI is InChI=1S/C13H21NOS/c1-10(13-4-3-9-16-13)14(2)11-5-7-12(15)8-6-11/h3-4,9-12,15H,5-8H2,1-2H3. The molecule has 90 valence electrons. The van der Waals surface area contributed by atoms with Crippen molar-refractivity contribution < 1.29 is 5.11 Å². The van der Waals surface area contributed by atoms with Crippen LogP contribution in [0, 0.1) is 0 Å². The van der Waals surface area contributed by atoms with Gasteiger partial charge in [-0.2, -0.15) is 0 Å². The Balaban J connectivity index is 1.94. The lowest BCUT2D eigenvalue weighted by Gasteiger charge is -2.36. The fourth-order valence-electron chi connectivity index (χ4n) is 2.51. The second kappa shape index (κ2) is 5.30. The number of rotatable bonds is 3. The number of aliphatic hydroxyl groups is 1. The first-order valence-electron chi connectivity index (χ1n) is 6.12. The van der Waals surface area contributed by atoms with E-state index in [-0.39, 0.29) is 6.10 Å². The van der Waals surface area contributed by atoms with Crippen molar-refractivity contribution in [2.45, 2.75) is 50.8 Å². The van der Waals surface area contributed by atoms with E-state index in [2.05, 4.69) is 36.4 Å². The minimum atomic E-state index is -0.0540. The van der Waals surface area contributed by atoms with Crippen LogP contribution in [-0.2, 0) is 0 Å². The smallest absolute Gasteiger partial charge is 0.0541 e. The van der Waals surface area contributed by atoms with Crippen molar-refractivity contribution in [2.24, 2.45) is 0 Å². The second-order valence-corrected chi connectivity index (χ2v) is 5.80. The Bertz CT molecular complexity index is 304. The Kier molecular flexibility index (Phi) is 4.00. The van der Waals surface area contributed by atoms with Crippen LogP contribution in [-0.4, -0.2) is 29.2 Å². The van der Waals surface area contributed by atoms with Gasteiger partial charge in [-0.1, -0.05) is 6.07 Å². The maximum atomic E-state index is 9.51. The summed E-state index contributed by atoms with van der Waals surface area (Å²) >= 11 is 1.83. The zero-order valence-corrected chi connectivity index (χ0v) is 10.9. The number of hydrogen-bond acceptors (Lipinski definition) is 3. The van der Waals surface area contributed by atoms with Crippen molar-refractivity contribution in [1.29, 1.82) is 0 Å². The molecule has 1 N–H and O–H groups in total. The lowest BCUT2D eigenvalue weighted by Crippen LogP contribution is -2.37. The molecule has 2 nitrogen and oxygen atoms in total. The Hall–Kier alpha value is -0.380. The van der Waals surface area contributed by atoms with E-state index in [0.717, 1.165) is 25.7 Å². The molecular weight excluding hydrogens is 218 g/mol. The van der Waals surface area contributed by atoms with E-state index in [1.54, 1.807) is 0 Å². The molecule has 0 aromatic carbocycles. The average molecular weight is 239 g/mol. The molecule has 1 atom stereocenters. The minimum Gasteiger partial charge on any atom is -0.393 e. The molecule has 0 saturated heterocycles. The molecule has 1 aromatic rings. The van der Waals surface area contributed by atoms with Crippen LogP contribution >= 0.6 is 11.3 Å². The molecule has 1 unspecified atom stereocenters. The summed E-state index contributed by atoms with van der Waals surface area (Å²) in [5, 5.41) is 11.7. The van der Waals surface area contributed by atoms with Crippen molar-refractivity contribution in [1.82, 2.24) is 4.90 Å². The van der Waals surface area contributed by atoms with Gasteiger partial charge in [0.25, 0.3) is 0 Å². The van der Waals surface area contributed by atoms with Crippen LogP contribution in [0.15, 0.2) is 17.5 Å². The summed E-state index contributed by atoms with van der Waals surface area (Å²) in [7, 11) is 2.22. The highest BCUT2D eigenvalue weighted by Gasteiger charge is 2.26. The molecule has 0 amide bonds. The lowest BCUT2D eigenvalue weighted by molar-refractivity contribution is 0.0705. The third-order valence-electron chi connectivity index (χ3n) is 3.81. The van der Waals surface area contributed by atoms with Crippen LogP contribution in [0.2, 0.25) is 0 Å². The number of aliphatic hydroxyl groups excluding tert-OH is 1. The summed E-state index contributed by atoms with van der Waals surface area (Å²) in [6.07, 6.45) is 4.14. The predicted molar refractivity (Wildman–Crippen MR) is 68.8 cm³/mol. The Morgan fingerprint density at radius 2 is 2.06 bits per heavy atom. The molecule has 0 spiro atoms. The van der Waals surface area contributed by atoms with Crippen molar-refractivity contribution in [2.75, 3.05) is 7.05 Å². The highest BCUT2D eigenvalue weighted by Crippen LogP contribution is 2.30. The molecule has 1 aliphatic carbocycles. The molecule has 1 fully saturated rings. The minimum absolute atomic E-state index is 0.0540. The Labute approximate surface area is 102 Å². The zero-order chi connectivity index (χ0) is 11.5. The number of hydrogen-bond donors (Lipinski definition) is 1. The second-order valence-electron chi connectivity index (χ2n) is 4.82. The molecule has 3 heteroatoms. The predicted octanol–water partition coefficient (Wildman–Crippen LogP) is 3.04. The van der Waals surface area contributed by atoms with Gasteiger partial charge in [0.2, 0.25) is 0 Å². The molecule has 16 heavy (non-hydrogen) atoms. The third kappa shape index (κ3) is 2.65. The van der Waals surface area contributed by atoms with Gasteiger partial charge in [-0.05, 0) is 51.1 Å². The fraction of sp³-hybridized carbons (Fsp3) is 0.692. The molecule has 0 bridgehead atoms. The Morgan fingerprint density at radius 3 is 2.62 bits per heavy atom. The van der Waals surface area contributed by atoms with E-state index in [1.165, 1.54) is 4.88 Å². The van der Waals surface area contributed by atoms with E-state index in [4.69, 9.17) is 0 Å². The van der Waals surface area contributed by atoms with Crippen molar-refractivity contribution in [3.8, 4) is 0 Å². The van der Waals surface area contributed by atoms with E-state index in [9.17, 15) is 5.11 Å². The third-order valence-corrected chi connectivity index (χ3v) is 4.85. The van der Waals surface area contributed by atoms with Crippen molar-refractivity contribution in [3.63, 3.8) is 0 Å². The fourth-order valence-corrected chi connectivity index (χ4v) is 3.35. The quantitative estimate of drug-likeness (QED) is 0.876. The molecule has 0 radical (unpaired) electrons. The first-order valence-corrected chi connectivity index (χ1v) is 7.00. The van der Waals surface area contributed by atoms with E-state index in [1.807, 2.05) is 11.3 Å². The summed E-state index contributed by atoms with van der Waals surface area (Å²) in [6.45, 7) is 2.27. The van der Waals surface area contributed by atoms with E-state index < -0.39 is 0 Å². The normalized spacial score (nSPS) is 28.2. The van der Waals surface area contributed by atoms with E-state index in [0.29, 0.717) is 12.1 Å². The van der Waals surface area contributed by atoms with Crippen LogP contribution < -0.4 is 0 Å². The first kappa shape index (κ1) is 12.1. The number of thiophene rings is 1. The monoisotopic (exact) mass is 239 g/mol. The van der Waals surface area contributed by atoms with E-state index >= 15 is 0 Å². The van der Waals surface area contributed by atoms with Crippen molar-refractivity contribution in [3.05, 3.63) is 22.4 Å². The van der Waals surface area contributed by atoms with Gasteiger partial charge in [-0.3, -0.25) is 4.90 Å². The van der Waals surface area contributed by atoms with Gasteiger partial charge in [0, 0.05) is 17.0 Å². The lowest BCUT2D eigenvalue weighted by atomic mass is 9.91. The Morgan fingerprint density at radius 1 is 1.38 bits per heavy atom. The summed E-state index contributed by atoms with van der Waals surface area (Å²) in [6, 6.07) is 5.47. The van der Waals surface area contributed by atoms with Gasteiger partial charge < -0.3 is 5.11 Å². The van der Waals surface area contributed by atoms with Crippen LogP contribution in [0.25, 0.3) is 0 Å². The summed E-state index contributed by atoms with van der Waals surface area (Å²) in [5.41, 5.74) is 0.